The van der Waals surface area contributed by atoms with Crippen LogP contribution in [0.25, 0.3) is 100 Å². The van der Waals surface area contributed by atoms with Crippen LogP contribution in [0.15, 0.2) is 250 Å². The summed E-state index contributed by atoms with van der Waals surface area (Å²) in [7, 11) is 0. The molecule has 332 valence electrons. The van der Waals surface area contributed by atoms with Crippen LogP contribution in [0, 0.1) is 0 Å². The lowest BCUT2D eigenvalue weighted by Crippen LogP contribution is -2.01. The minimum absolute atomic E-state index is 0.616. The molecular weight excluding hydrogens is 827 g/mol. The van der Waals surface area contributed by atoms with Crippen molar-refractivity contribution in [2.75, 3.05) is 0 Å². The number of benzene rings is 8. The van der Waals surface area contributed by atoms with E-state index in [0.717, 1.165) is 55.8 Å². The van der Waals surface area contributed by atoms with Crippen LogP contribution in [0.3, 0.4) is 0 Å². The van der Waals surface area contributed by atoms with E-state index in [0.29, 0.717) is 17.5 Å². The van der Waals surface area contributed by atoms with Gasteiger partial charge in [-0.25, -0.2) is 15.0 Å². The molecule has 68 heavy (non-hydrogen) atoms. The Morgan fingerprint density at radius 3 is 1.54 bits per heavy atom. The van der Waals surface area contributed by atoms with Crippen LogP contribution in [-0.2, 0) is 0 Å². The quantitative estimate of drug-likeness (QED) is 0.113. The summed E-state index contributed by atoms with van der Waals surface area (Å²) < 4.78 is 4.73. The highest BCUT2D eigenvalue weighted by Crippen LogP contribution is 2.42. The molecule has 0 N–H and O–H groups in total. The maximum Gasteiger partial charge on any atom is 0.164 e. The second kappa shape index (κ2) is 21.5. The van der Waals surface area contributed by atoms with Gasteiger partial charge in [-0.3, -0.25) is 0 Å². The first-order chi connectivity index (χ1) is 33.5. The largest absolute Gasteiger partial charge is 0.316 e. The molecule has 3 heterocycles. The first kappa shape index (κ1) is 45.9. The smallest absolute Gasteiger partial charge is 0.164 e. The number of aromatic nitrogens is 5. The Hall–Kier alpha value is -8.67. The predicted molar refractivity (Wildman–Crippen MR) is 292 cm³/mol. The van der Waals surface area contributed by atoms with Gasteiger partial charge in [0.25, 0.3) is 0 Å². The van der Waals surface area contributed by atoms with Gasteiger partial charge >= 0.3 is 0 Å². The molecule has 8 aromatic carbocycles. The lowest BCUT2D eigenvalue weighted by molar-refractivity contribution is 1.07. The number of hydrogen-bond donors (Lipinski definition) is 0. The topological polar surface area (TPSA) is 48.5 Å². The average Bonchev–Trinajstić information content (AvgIpc) is 4.00. The maximum absolute atomic E-state index is 5.15. The van der Waals surface area contributed by atoms with E-state index in [1.807, 2.05) is 94.4 Å². The van der Waals surface area contributed by atoms with Gasteiger partial charge in [0.15, 0.2) is 17.5 Å². The molecule has 0 spiro atoms. The molecule has 0 aliphatic rings. The molecule has 0 bridgehead atoms. The van der Waals surface area contributed by atoms with Gasteiger partial charge in [0.1, 0.15) is 0 Å². The molecular formula is C63H55N5. The van der Waals surface area contributed by atoms with Gasteiger partial charge in [0.2, 0.25) is 0 Å². The van der Waals surface area contributed by atoms with Crippen LogP contribution < -0.4 is 0 Å². The van der Waals surface area contributed by atoms with Crippen molar-refractivity contribution in [2.45, 2.75) is 27.7 Å². The summed E-state index contributed by atoms with van der Waals surface area (Å²) in [6.45, 7) is 18.3. The first-order valence-corrected chi connectivity index (χ1v) is 23.1. The van der Waals surface area contributed by atoms with Crippen molar-refractivity contribution in [2.24, 2.45) is 0 Å². The SMILES string of the molecule is C=C/C=C(\C)C=C.C=CC.CC.c1ccc(-c2cc(-c3nc(-c4ccccc4)nc(-c4ccccc4)n3)cc(-n3c4ccccc4c4c5c(ccc6ccn(-c7ccccc7)c65)ccc43)c2)cc1. The molecule has 3 aromatic heterocycles. The van der Waals surface area contributed by atoms with E-state index in [4.69, 9.17) is 15.0 Å². The lowest BCUT2D eigenvalue weighted by Gasteiger charge is -2.15. The molecule has 0 aliphatic heterocycles. The zero-order valence-corrected chi connectivity index (χ0v) is 39.2. The zero-order valence-electron chi connectivity index (χ0n) is 39.2. The van der Waals surface area contributed by atoms with Crippen LogP contribution >= 0.6 is 0 Å². The summed E-state index contributed by atoms with van der Waals surface area (Å²) in [6.07, 6.45) is 9.39. The second-order valence-electron chi connectivity index (χ2n) is 15.9. The molecule has 0 unspecified atom stereocenters. The monoisotopic (exact) mass is 881 g/mol. The Labute approximate surface area is 400 Å². The first-order valence-electron chi connectivity index (χ1n) is 23.1. The third-order valence-corrected chi connectivity index (χ3v) is 11.4. The molecule has 0 aliphatic carbocycles. The van der Waals surface area contributed by atoms with Crippen molar-refractivity contribution in [1.82, 2.24) is 24.1 Å². The number of fused-ring (bicyclic) bond motifs is 7. The van der Waals surface area contributed by atoms with Crippen molar-refractivity contribution in [1.29, 1.82) is 0 Å². The molecule has 0 atom stereocenters. The van der Waals surface area contributed by atoms with Crippen molar-refractivity contribution in [3.8, 4) is 56.7 Å². The van der Waals surface area contributed by atoms with Gasteiger partial charge in [-0.1, -0.05) is 202 Å². The summed E-state index contributed by atoms with van der Waals surface area (Å²) in [5.41, 5.74) is 11.8. The predicted octanol–water partition coefficient (Wildman–Crippen LogP) is 17.3. The summed E-state index contributed by atoms with van der Waals surface area (Å²) in [5, 5.41) is 6.07. The van der Waals surface area contributed by atoms with Crippen molar-refractivity contribution >= 4 is 43.5 Å². The fraction of sp³-hybridized carbons (Fsp3) is 0.0635. The third-order valence-electron chi connectivity index (χ3n) is 11.4. The number of para-hydroxylation sites is 2. The summed E-state index contributed by atoms with van der Waals surface area (Å²) in [5.74, 6) is 1.88. The van der Waals surface area contributed by atoms with Crippen molar-refractivity contribution < 1.29 is 0 Å². The molecule has 0 fully saturated rings. The van der Waals surface area contributed by atoms with E-state index in [2.05, 4.69) is 169 Å². The Bertz CT molecular complexity index is 3470. The Morgan fingerprint density at radius 2 is 0.971 bits per heavy atom. The van der Waals surface area contributed by atoms with Gasteiger partial charge in [0.05, 0.1) is 16.6 Å². The summed E-state index contributed by atoms with van der Waals surface area (Å²) in [4.78, 5) is 15.3. The molecule has 11 rings (SSSR count). The number of allylic oxidation sites excluding steroid dienone is 5. The normalized spacial score (nSPS) is 10.9. The van der Waals surface area contributed by atoms with Gasteiger partial charge < -0.3 is 9.13 Å². The highest BCUT2D eigenvalue weighted by Gasteiger charge is 2.20. The number of rotatable bonds is 8. The van der Waals surface area contributed by atoms with E-state index >= 15 is 0 Å². The Balaban J connectivity index is 0.000000470. The van der Waals surface area contributed by atoms with Crippen molar-refractivity contribution in [3.05, 3.63) is 250 Å². The fourth-order valence-corrected chi connectivity index (χ4v) is 8.44. The minimum atomic E-state index is 0.616. The summed E-state index contributed by atoms with van der Waals surface area (Å²) in [6, 6.07) is 68.2. The standard InChI is InChI=1S/C51H33N5.C7H10.C3H6.C2H6/c1-5-15-34(16-6-1)39-31-40(51-53-49(37-17-7-2-8-18-37)52-50(54-51)38-19-9-3-10-20-38)33-42(32-39)56-44-24-14-13-23-43(44)47-45(56)28-27-35-25-26-36-29-30-55(48(36)46(35)47)41-21-11-4-12-22-41;1-4-6-7(3)5-2;1-3-2;1-2/h1-33H;4-6H,1-2H2,3H3;3H,1H2,2H3;1-2H3/b;7-6+;;. The highest BCUT2D eigenvalue weighted by molar-refractivity contribution is 6.27. The molecule has 0 saturated carbocycles. The van der Waals surface area contributed by atoms with E-state index in [9.17, 15) is 0 Å². The van der Waals surface area contributed by atoms with E-state index < -0.39 is 0 Å². The highest BCUT2D eigenvalue weighted by atomic mass is 15.0. The molecule has 5 nitrogen and oxygen atoms in total. The fourth-order valence-electron chi connectivity index (χ4n) is 8.44. The minimum Gasteiger partial charge on any atom is -0.316 e. The van der Waals surface area contributed by atoms with Crippen LogP contribution in [-0.4, -0.2) is 24.1 Å². The van der Waals surface area contributed by atoms with Crippen molar-refractivity contribution in [3.63, 3.8) is 0 Å². The average molecular weight is 882 g/mol. The lowest BCUT2D eigenvalue weighted by atomic mass is 10.0. The Kier molecular flexibility index (Phi) is 14.5. The van der Waals surface area contributed by atoms with E-state index in [1.165, 1.54) is 32.4 Å². The van der Waals surface area contributed by atoms with Gasteiger partial charge in [-0.05, 0) is 78.9 Å². The Morgan fingerprint density at radius 1 is 0.471 bits per heavy atom. The number of hydrogen-bond acceptors (Lipinski definition) is 3. The zero-order chi connectivity index (χ0) is 47.4. The van der Waals surface area contributed by atoms with Gasteiger partial charge in [0, 0.05) is 55.8 Å². The molecule has 0 radical (unpaired) electrons. The summed E-state index contributed by atoms with van der Waals surface area (Å²) >= 11 is 0. The van der Waals surface area contributed by atoms with Crippen LogP contribution in [0.5, 0.6) is 0 Å². The number of nitrogens with zero attached hydrogens (tertiary/aromatic N) is 5. The van der Waals surface area contributed by atoms with E-state index in [1.54, 1.807) is 18.2 Å². The molecule has 0 saturated heterocycles. The maximum atomic E-state index is 5.15. The molecule has 11 aromatic rings. The molecule has 5 heteroatoms. The second-order valence-corrected chi connectivity index (χ2v) is 15.9. The van der Waals surface area contributed by atoms with Gasteiger partial charge in [-0.2, -0.15) is 0 Å². The van der Waals surface area contributed by atoms with Crippen LogP contribution in [0.2, 0.25) is 0 Å². The van der Waals surface area contributed by atoms with Crippen LogP contribution in [0.4, 0.5) is 0 Å². The third kappa shape index (κ3) is 9.51. The molecule has 0 amide bonds. The van der Waals surface area contributed by atoms with E-state index in [-0.39, 0.29) is 0 Å². The van der Waals surface area contributed by atoms with Gasteiger partial charge in [-0.15, -0.1) is 6.58 Å². The van der Waals surface area contributed by atoms with Crippen LogP contribution in [0.1, 0.15) is 27.7 Å².